The van der Waals surface area contributed by atoms with Crippen LogP contribution in [-0.4, -0.2) is 24.7 Å². The molecule has 0 saturated carbocycles. The van der Waals surface area contributed by atoms with Crippen LogP contribution in [0.25, 0.3) is 0 Å². The summed E-state index contributed by atoms with van der Waals surface area (Å²) in [6, 6.07) is 0. The molecule has 0 aliphatic rings. The molecule has 0 aliphatic heterocycles. The number of halogens is 5. The minimum Gasteiger partial charge on any atom is -0.454 e. The van der Waals surface area contributed by atoms with Gasteiger partial charge in [0.1, 0.15) is 6.10 Å². The van der Waals surface area contributed by atoms with Gasteiger partial charge in [-0.3, -0.25) is 0 Å². The number of ether oxygens (including phenoxy) is 1. The molecule has 1 unspecified atom stereocenters. The molecule has 2 nitrogen and oxygen atoms in total. The lowest BCUT2D eigenvalue weighted by Gasteiger charge is -2.21. The Hall–Kier alpha value is -0.880. The summed E-state index contributed by atoms with van der Waals surface area (Å²) in [6.45, 7) is 1.71. The Morgan fingerprint density at radius 3 is 2.08 bits per heavy atom. The van der Waals surface area contributed by atoms with Crippen molar-refractivity contribution in [2.75, 3.05) is 0 Å². The predicted octanol–water partition coefficient (Wildman–Crippen LogP) is 2.05. The zero-order chi connectivity index (χ0) is 10.7. The molecular weight excluding hydrogens is 199 g/mol. The normalized spacial score (nSPS) is 15.2. The number of alkyl halides is 5. The molecule has 0 aromatic carbocycles. The summed E-state index contributed by atoms with van der Waals surface area (Å²) in [5.74, 6) is -4.84. The van der Waals surface area contributed by atoms with Crippen LogP contribution in [0.15, 0.2) is 0 Å². The molecule has 0 bridgehead atoms. The summed E-state index contributed by atoms with van der Waals surface area (Å²) in [5.41, 5.74) is 0. The van der Waals surface area contributed by atoms with E-state index < -0.39 is 24.6 Å². The molecule has 0 N–H and O–H groups in total. The second-order valence-corrected chi connectivity index (χ2v) is 2.42. The molecule has 0 fully saturated rings. The van der Waals surface area contributed by atoms with Crippen LogP contribution >= 0.6 is 0 Å². The predicted molar refractivity (Wildman–Crippen MR) is 31.9 cm³/mol. The molecule has 13 heavy (non-hydrogen) atoms. The molecule has 0 heterocycles. The largest absolute Gasteiger partial charge is 0.454 e. The lowest BCUT2D eigenvalue weighted by molar-refractivity contribution is -0.289. The molecule has 1 radical (unpaired) electrons. The maximum atomic E-state index is 12.2. The highest BCUT2D eigenvalue weighted by atomic mass is 19.4. The van der Waals surface area contributed by atoms with E-state index in [2.05, 4.69) is 4.74 Å². The van der Waals surface area contributed by atoms with E-state index in [1.54, 1.807) is 0 Å². The third-order valence-corrected chi connectivity index (χ3v) is 1.21. The van der Waals surface area contributed by atoms with Crippen LogP contribution in [0.2, 0.25) is 0 Å². The van der Waals surface area contributed by atoms with E-state index in [1.807, 2.05) is 0 Å². The van der Waals surface area contributed by atoms with Crippen molar-refractivity contribution in [3.05, 3.63) is 0 Å². The van der Waals surface area contributed by atoms with Crippen LogP contribution < -0.4 is 0 Å². The molecule has 0 aliphatic carbocycles. The maximum absolute atomic E-state index is 12.2. The second-order valence-electron chi connectivity index (χ2n) is 2.42. The van der Waals surface area contributed by atoms with E-state index in [9.17, 15) is 26.7 Å². The van der Waals surface area contributed by atoms with Crippen LogP contribution in [0, 0.1) is 0 Å². The third-order valence-electron chi connectivity index (χ3n) is 1.21. The van der Waals surface area contributed by atoms with Crippen LogP contribution in [0.3, 0.4) is 0 Å². The molecule has 1 atom stereocenters. The van der Waals surface area contributed by atoms with Crippen LogP contribution in [0.4, 0.5) is 22.0 Å². The van der Waals surface area contributed by atoms with E-state index in [1.165, 1.54) is 0 Å². The number of carbonyl (C=O) groups excluding carboxylic acids is 1. The fourth-order valence-corrected chi connectivity index (χ4v) is 0.601. The van der Waals surface area contributed by atoms with E-state index in [4.69, 9.17) is 0 Å². The van der Waals surface area contributed by atoms with Crippen molar-refractivity contribution in [1.29, 1.82) is 0 Å². The van der Waals surface area contributed by atoms with Crippen molar-refractivity contribution < 1.29 is 31.5 Å². The fraction of sp³-hybridized carbons (Fsp3) is 0.833. The smallest absolute Gasteiger partial charge is 0.453 e. The molecule has 0 amide bonds. The average molecular weight is 205 g/mol. The van der Waals surface area contributed by atoms with Gasteiger partial charge in [-0.2, -0.15) is 22.0 Å². The minimum absolute atomic E-state index is 0.791. The lowest BCUT2D eigenvalue weighted by atomic mass is 10.1. The summed E-state index contributed by atoms with van der Waals surface area (Å²) >= 11 is 0. The molecule has 0 saturated heterocycles. The Morgan fingerprint density at radius 1 is 1.31 bits per heavy atom. The van der Waals surface area contributed by atoms with Crippen LogP contribution in [0.1, 0.15) is 13.3 Å². The fourth-order valence-electron chi connectivity index (χ4n) is 0.601. The summed E-state index contributed by atoms with van der Waals surface area (Å²) in [4.78, 5) is 9.48. The Balaban J connectivity index is 4.24. The van der Waals surface area contributed by atoms with Gasteiger partial charge in [-0.25, -0.2) is 4.79 Å². The van der Waals surface area contributed by atoms with Crippen LogP contribution in [0.5, 0.6) is 0 Å². The lowest BCUT2D eigenvalue weighted by Crippen LogP contribution is -2.39. The molecule has 0 spiro atoms. The van der Waals surface area contributed by atoms with Gasteiger partial charge in [-0.15, -0.1) is 0 Å². The first kappa shape index (κ1) is 12.1. The summed E-state index contributed by atoms with van der Waals surface area (Å²) in [7, 11) is 0. The quantitative estimate of drug-likeness (QED) is 0.656. The molecule has 0 aromatic heterocycles. The zero-order valence-electron chi connectivity index (χ0n) is 6.49. The highest BCUT2D eigenvalue weighted by Crippen LogP contribution is 2.39. The van der Waals surface area contributed by atoms with E-state index >= 15 is 0 Å². The Morgan fingerprint density at radius 2 is 1.77 bits per heavy atom. The first-order chi connectivity index (χ1) is 5.70. The second kappa shape index (κ2) is 3.89. The molecule has 0 aromatic rings. The maximum Gasteiger partial charge on any atom is 0.453 e. The van der Waals surface area contributed by atoms with Gasteiger partial charge in [0.25, 0.3) is 0 Å². The van der Waals surface area contributed by atoms with Crippen molar-refractivity contribution in [3.8, 4) is 0 Å². The zero-order valence-corrected chi connectivity index (χ0v) is 6.49. The minimum atomic E-state index is -5.62. The number of hydrogen-bond donors (Lipinski definition) is 0. The molecule has 0 rings (SSSR count). The van der Waals surface area contributed by atoms with Gasteiger partial charge in [0.05, 0.1) is 6.42 Å². The standard InChI is InChI=1S/C6H6F5O2/c1-4(13-3-12)2-5(7,8)6(9,10)11/h4H,2H2,1H3. The average Bonchev–Trinajstić information content (AvgIpc) is 1.83. The SMILES string of the molecule is CC(CC(F)(F)C(F)(F)F)O[C]=O. The molecule has 7 heteroatoms. The van der Waals surface area contributed by atoms with Gasteiger partial charge in [0.15, 0.2) is 0 Å². The van der Waals surface area contributed by atoms with Gasteiger partial charge in [0.2, 0.25) is 0 Å². The van der Waals surface area contributed by atoms with Gasteiger partial charge >= 0.3 is 18.6 Å². The highest BCUT2D eigenvalue weighted by molar-refractivity contribution is 5.38. The van der Waals surface area contributed by atoms with E-state index in [0.29, 0.717) is 0 Å². The van der Waals surface area contributed by atoms with Crippen molar-refractivity contribution in [1.82, 2.24) is 0 Å². The Kier molecular flexibility index (Phi) is 3.62. The van der Waals surface area contributed by atoms with Gasteiger partial charge in [-0.1, -0.05) is 0 Å². The Labute approximate surface area is 70.7 Å². The van der Waals surface area contributed by atoms with Crippen molar-refractivity contribution in [2.24, 2.45) is 0 Å². The third kappa shape index (κ3) is 3.56. The van der Waals surface area contributed by atoms with Gasteiger partial charge < -0.3 is 4.74 Å². The van der Waals surface area contributed by atoms with Crippen molar-refractivity contribution >= 4 is 6.47 Å². The summed E-state index contributed by atoms with van der Waals surface area (Å²) in [5, 5.41) is 0. The Bertz CT molecular complexity index is 176. The summed E-state index contributed by atoms with van der Waals surface area (Å²) in [6.07, 6.45) is -8.73. The van der Waals surface area contributed by atoms with Gasteiger partial charge in [0, 0.05) is 0 Å². The number of hydrogen-bond acceptors (Lipinski definition) is 2. The van der Waals surface area contributed by atoms with E-state index in [0.717, 1.165) is 13.4 Å². The van der Waals surface area contributed by atoms with Crippen molar-refractivity contribution in [3.63, 3.8) is 0 Å². The first-order valence-corrected chi connectivity index (χ1v) is 3.18. The monoisotopic (exact) mass is 205 g/mol. The topological polar surface area (TPSA) is 26.3 Å². The van der Waals surface area contributed by atoms with E-state index in [-0.39, 0.29) is 0 Å². The molecule has 77 valence electrons. The van der Waals surface area contributed by atoms with Gasteiger partial charge in [-0.05, 0) is 6.92 Å². The first-order valence-electron chi connectivity index (χ1n) is 3.18. The summed E-state index contributed by atoms with van der Waals surface area (Å²) < 4.78 is 62.7. The highest BCUT2D eigenvalue weighted by Gasteiger charge is 2.57. The molecular formula is C6H6F5O2. The van der Waals surface area contributed by atoms with Crippen molar-refractivity contribution in [2.45, 2.75) is 31.5 Å². The van der Waals surface area contributed by atoms with Crippen LogP contribution in [-0.2, 0) is 9.53 Å². The number of rotatable bonds is 4.